The SMILES string of the molecule is CSCC[C@H](NC=O)C(=O)NC(Cc1ccccc1)C(=O)O. The summed E-state index contributed by atoms with van der Waals surface area (Å²) in [5, 5.41) is 14.2. The van der Waals surface area contributed by atoms with Gasteiger partial charge in [0.05, 0.1) is 0 Å². The maximum Gasteiger partial charge on any atom is 0.326 e. The van der Waals surface area contributed by atoms with Crippen LogP contribution < -0.4 is 10.6 Å². The van der Waals surface area contributed by atoms with Crippen LogP contribution in [0.25, 0.3) is 0 Å². The Balaban J connectivity index is 2.69. The van der Waals surface area contributed by atoms with Gasteiger partial charge in [0.15, 0.2) is 0 Å². The van der Waals surface area contributed by atoms with Gasteiger partial charge >= 0.3 is 5.97 Å². The van der Waals surface area contributed by atoms with Gasteiger partial charge in [-0.1, -0.05) is 30.3 Å². The maximum absolute atomic E-state index is 12.1. The molecule has 2 atom stereocenters. The van der Waals surface area contributed by atoms with Crippen molar-refractivity contribution in [2.24, 2.45) is 0 Å². The Morgan fingerprint density at radius 1 is 1.27 bits per heavy atom. The van der Waals surface area contributed by atoms with Gasteiger partial charge in [0.1, 0.15) is 12.1 Å². The van der Waals surface area contributed by atoms with Crippen molar-refractivity contribution in [2.45, 2.75) is 24.9 Å². The number of carbonyl (C=O) groups excluding carboxylic acids is 2. The Morgan fingerprint density at radius 2 is 1.95 bits per heavy atom. The number of thioether (sulfide) groups is 1. The van der Waals surface area contributed by atoms with Crippen LogP contribution in [0.15, 0.2) is 30.3 Å². The van der Waals surface area contributed by atoms with E-state index in [1.54, 1.807) is 23.9 Å². The minimum atomic E-state index is -1.10. The summed E-state index contributed by atoms with van der Waals surface area (Å²) in [5.41, 5.74) is 0.819. The van der Waals surface area contributed by atoms with Gasteiger partial charge in [-0.25, -0.2) is 4.79 Å². The molecule has 0 fully saturated rings. The largest absolute Gasteiger partial charge is 0.480 e. The number of carboxylic acids is 1. The Bertz CT molecular complexity index is 496. The zero-order valence-electron chi connectivity index (χ0n) is 12.3. The third kappa shape index (κ3) is 6.17. The smallest absolute Gasteiger partial charge is 0.326 e. The fourth-order valence-electron chi connectivity index (χ4n) is 1.93. The second-order valence-corrected chi connectivity index (χ2v) is 5.69. The highest BCUT2D eigenvalue weighted by atomic mass is 32.2. The number of nitrogens with one attached hydrogen (secondary N) is 2. The number of rotatable bonds is 10. The molecule has 0 aliphatic carbocycles. The molecule has 1 aromatic carbocycles. The van der Waals surface area contributed by atoms with Crippen molar-refractivity contribution in [1.29, 1.82) is 0 Å². The lowest BCUT2D eigenvalue weighted by atomic mass is 10.1. The van der Waals surface area contributed by atoms with Gasteiger partial charge in [0, 0.05) is 6.42 Å². The third-order valence-electron chi connectivity index (χ3n) is 3.09. The highest BCUT2D eigenvalue weighted by Crippen LogP contribution is 2.05. The first kappa shape index (κ1) is 18.0. The van der Waals surface area contributed by atoms with E-state index in [1.807, 2.05) is 24.5 Å². The summed E-state index contributed by atoms with van der Waals surface area (Å²) in [7, 11) is 0. The third-order valence-corrected chi connectivity index (χ3v) is 3.74. The number of amides is 2. The molecule has 0 spiro atoms. The van der Waals surface area contributed by atoms with Crippen LogP contribution >= 0.6 is 11.8 Å². The van der Waals surface area contributed by atoms with Crippen LogP contribution in [-0.4, -0.2) is 47.5 Å². The van der Waals surface area contributed by atoms with E-state index < -0.39 is 24.0 Å². The molecule has 0 heterocycles. The second-order valence-electron chi connectivity index (χ2n) is 4.71. The van der Waals surface area contributed by atoms with Crippen LogP contribution in [0.5, 0.6) is 0 Å². The molecule has 0 saturated heterocycles. The quantitative estimate of drug-likeness (QED) is 0.550. The average molecular weight is 324 g/mol. The predicted octanol–water partition coefficient (Wildman–Crippen LogP) is 0.666. The monoisotopic (exact) mass is 324 g/mol. The van der Waals surface area contributed by atoms with Gasteiger partial charge in [-0.15, -0.1) is 0 Å². The molecule has 0 aliphatic rings. The number of benzene rings is 1. The molecule has 0 bridgehead atoms. The zero-order valence-corrected chi connectivity index (χ0v) is 13.1. The van der Waals surface area contributed by atoms with Crippen molar-refractivity contribution < 1.29 is 19.5 Å². The highest BCUT2D eigenvalue weighted by Gasteiger charge is 2.25. The first-order valence-corrected chi connectivity index (χ1v) is 8.23. The average Bonchev–Trinajstić information content (AvgIpc) is 2.51. The lowest BCUT2D eigenvalue weighted by molar-refractivity contribution is -0.142. The van der Waals surface area contributed by atoms with Gasteiger partial charge in [-0.3, -0.25) is 9.59 Å². The lowest BCUT2D eigenvalue weighted by Crippen LogP contribution is -2.50. The fraction of sp³-hybridized carbons (Fsp3) is 0.400. The zero-order chi connectivity index (χ0) is 16.4. The molecule has 2 amide bonds. The van der Waals surface area contributed by atoms with Gasteiger partial charge in [-0.05, 0) is 24.0 Å². The van der Waals surface area contributed by atoms with Crippen molar-refractivity contribution in [3.05, 3.63) is 35.9 Å². The summed E-state index contributed by atoms with van der Waals surface area (Å²) < 4.78 is 0. The summed E-state index contributed by atoms with van der Waals surface area (Å²) in [4.78, 5) is 34.0. The lowest BCUT2D eigenvalue weighted by Gasteiger charge is -2.20. The highest BCUT2D eigenvalue weighted by molar-refractivity contribution is 7.98. The predicted molar refractivity (Wildman–Crippen MR) is 85.7 cm³/mol. The summed E-state index contributed by atoms with van der Waals surface area (Å²) in [6.45, 7) is 0. The molecule has 0 saturated carbocycles. The van der Waals surface area contributed by atoms with Crippen molar-refractivity contribution in [3.8, 4) is 0 Å². The first-order chi connectivity index (χ1) is 10.6. The molecule has 3 N–H and O–H groups in total. The van der Waals surface area contributed by atoms with Crippen LogP contribution in [0.1, 0.15) is 12.0 Å². The van der Waals surface area contributed by atoms with E-state index in [1.165, 1.54) is 0 Å². The Morgan fingerprint density at radius 3 is 2.50 bits per heavy atom. The topological polar surface area (TPSA) is 95.5 Å². The van der Waals surface area contributed by atoms with Crippen molar-refractivity contribution in [2.75, 3.05) is 12.0 Å². The van der Waals surface area contributed by atoms with Crippen LogP contribution in [0.4, 0.5) is 0 Å². The Labute approximate surface area is 133 Å². The van der Waals surface area contributed by atoms with E-state index >= 15 is 0 Å². The number of carboxylic acid groups (broad SMARTS) is 1. The fourth-order valence-corrected chi connectivity index (χ4v) is 2.40. The molecule has 1 rings (SSSR count). The molecule has 1 aromatic rings. The van der Waals surface area contributed by atoms with Gasteiger partial charge < -0.3 is 15.7 Å². The molecule has 22 heavy (non-hydrogen) atoms. The first-order valence-electron chi connectivity index (χ1n) is 6.84. The van der Waals surface area contributed by atoms with Crippen LogP contribution in [0.2, 0.25) is 0 Å². The normalized spacial score (nSPS) is 13.0. The molecule has 7 heteroatoms. The second kappa shape index (κ2) is 9.83. The number of hydrogen-bond acceptors (Lipinski definition) is 4. The Hall–Kier alpha value is -2.02. The molecule has 0 aromatic heterocycles. The number of aliphatic carboxylic acids is 1. The van der Waals surface area contributed by atoms with Crippen molar-refractivity contribution in [1.82, 2.24) is 10.6 Å². The van der Waals surface area contributed by atoms with Crippen LogP contribution in [0.3, 0.4) is 0 Å². The summed E-state index contributed by atoms with van der Waals surface area (Å²) >= 11 is 1.55. The number of hydrogen-bond donors (Lipinski definition) is 3. The van der Waals surface area contributed by atoms with E-state index in [0.717, 1.165) is 5.56 Å². The molecule has 0 radical (unpaired) electrons. The van der Waals surface area contributed by atoms with Gasteiger partial charge in [-0.2, -0.15) is 11.8 Å². The van der Waals surface area contributed by atoms with E-state index in [4.69, 9.17) is 0 Å². The molecule has 120 valence electrons. The molecule has 6 nitrogen and oxygen atoms in total. The van der Waals surface area contributed by atoms with E-state index in [-0.39, 0.29) is 6.42 Å². The summed E-state index contributed by atoms with van der Waals surface area (Å²) in [5.74, 6) is -0.897. The molecule has 0 aliphatic heterocycles. The van der Waals surface area contributed by atoms with Gasteiger partial charge in [0.2, 0.25) is 12.3 Å². The van der Waals surface area contributed by atoms with E-state index in [9.17, 15) is 19.5 Å². The molecule has 1 unspecified atom stereocenters. The minimum Gasteiger partial charge on any atom is -0.480 e. The minimum absolute atomic E-state index is 0.193. The van der Waals surface area contributed by atoms with E-state index in [2.05, 4.69) is 10.6 Å². The standard InChI is InChI=1S/C15H20N2O4S/c1-22-8-7-12(16-10-18)14(19)17-13(15(20)21)9-11-5-3-2-4-6-11/h2-6,10,12-13H,7-9H2,1H3,(H,16,18)(H,17,19)(H,20,21)/t12-,13?/m0/s1. The summed E-state index contributed by atoms with van der Waals surface area (Å²) in [6.07, 6.45) is 2.99. The van der Waals surface area contributed by atoms with Gasteiger partial charge in [0.25, 0.3) is 0 Å². The van der Waals surface area contributed by atoms with E-state index in [0.29, 0.717) is 18.6 Å². The maximum atomic E-state index is 12.1. The van der Waals surface area contributed by atoms with Crippen LogP contribution in [-0.2, 0) is 20.8 Å². The molecular formula is C15H20N2O4S. The summed E-state index contributed by atoms with van der Waals surface area (Å²) in [6, 6.07) is 7.32. The van der Waals surface area contributed by atoms with Crippen molar-refractivity contribution in [3.63, 3.8) is 0 Å². The number of carbonyl (C=O) groups is 3. The van der Waals surface area contributed by atoms with Crippen LogP contribution in [0, 0.1) is 0 Å². The van der Waals surface area contributed by atoms with Crippen molar-refractivity contribution >= 4 is 30.0 Å². The molecular weight excluding hydrogens is 304 g/mol. The Kier molecular flexibility index (Phi) is 8.06.